The van der Waals surface area contributed by atoms with Crippen LogP contribution in [0.25, 0.3) is 0 Å². The SMILES string of the molecule is C#CCOc1c(Cl)cc(C=NN)cc1OCC. The molecule has 5 heteroatoms. The molecule has 2 N–H and O–H groups in total. The lowest BCUT2D eigenvalue weighted by molar-refractivity contribution is 0.299. The summed E-state index contributed by atoms with van der Waals surface area (Å²) in [7, 11) is 0. The molecule has 4 nitrogen and oxygen atoms in total. The minimum Gasteiger partial charge on any atom is -0.490 e. The molecular weight excluding hydrogens is 240 g/mol. The molecule has 0 bridgehead atoms. The predicted molar refractivity (Wildman–Crippen MR) is 68.7 cm³/mol. The molecule has 90 valence electrons. The van der Waals surface area contributed by atoms with Gasteiger partial charge in [0.05, 0.1) is 17.8 Å². The van der Waals surface area contributed by atoms with E-state index < -0.39 is 0 Å². The van der Waals surface area contributed by atoms with E-state index in [1.165, 1.54) is 6.21 Å². The summed E-state index contributed by atoms with van der Waals surface area (Å²) in [4.78, 5) is 0. The van der Waals surface area contributed by atoms with E-state index in [0.717, 1.165) is 5.56 Å². The number of benzene rings is 1. The van der Waals surface area contributed by atoms with Crippen LogP contribution >= 0.6 is 11.6 Å². The second-order valence-corrected chi connectivity index (χ2v) is 3.44. The molecule has 1 aromatic carbocycles. The summed E-state index contributed by atoms with van der Waals surface area (Å²) in [6.07, 6.45) is 6.60. The third-order valence-corrected chi connectivity index (χ3v) is 2.14. The molecule has 0 aliphatic rings. The van der Waals surface area contributed by atoms with Crippen LogP contribution in [0.2, 0.25) is 5.02 Å². The van der Waals surface area contributed by atoms with Gasteiger partial charge in [-0.2, -0.15) is 5.10 Å². The summed E-state index contributed by atoms with van der Waals surface area (Å²) in [6.45, 7) is 2.48. The summed E-state index contributed by atoms with van der Waals surface area (Å²) >= 11 is 6.07. The van der Waals surface area contributed by atoms with Gasteiger partial charge in [0.25, 0.3) is 0 Å². The Kier molecular flexibility index (Phi) is 5.18. The standard InChI is InChI=1S/C12H13ClN2O2/c1-3-5-17-12-10(13)6-9(8-15-14)7-11(12)16-4-2/h1,6-8H,4-5,14H2,2H3. The van der Waals surface area contributed by atoms with E-state index in [0.29, 0.717) is 23.1 Å². The summed E-state index contributed by atoms with van der Waals surface area (Å²) in [5.41, 5.74) is 0.731. The molecule has 0 unspecified atom stereocenters. The molecule has 0 spiro atoms. The fourth-order valence-electron chi connectivity index (χ4n) is 1.27. The number of hydrogen-bond acceptors (Lipinski definition) is 4. The molecule has 0 aliphatic carbocycles. The van der Waals surface area contributed by atoms with Gasteiger partial charge in [0.2, 0.25) is 0 Å². The first-order chi connectivity index (χ1) is 8.22. The Labute approximate surface area is 105 Å². The van der Waals surface area contributed by atoms with Gasteiger partial charge in [-0.25, -0.2) is 0 Å². The van der Waals surface area contributed by atoms with Crippen LogP contribution in [0, 0.1) is 12.3 Å². The van der Waals surface area contributed by atoms with Gasteiger partial charge in [-0.15, -0.1) is 6.42 Å². The molecule has 0 radical (unpaired) electrons. The summed E-state index contributed by atoms with van der Waals surface area (Å²) in [5.74, 6) is 8.40. The number of ether oxygens (including phenoxy) is 2. The number of halogens is 1. The van der Waals surface area contributed by atoms with Crippen molar-refractivity contribution in [3.8, 4) is 23.8 Å². The number of hydrogen-bond donors (Lipinski definition) is 1. The van der Waals surface area contributed by atoms with Gasteiger partial charge in [-0.1, -0.05) is 17.5 Å². The molecule has 0 fully saturated rings. The van der Waals surface area contributed by atoms with Crippen LogP contribution in [-0.2, 0) is 0 Å². The molecule has 17 heavy (non-hydrogen) atoms. The van der Waals surface area contributed by atoms with Gasteiger partial charge in [0, 0.05) is 0 Å². The van der Waals surface area contributed by atoms with Gasteiger partial charge < -0.3 is 15.3 Å². The molecule has 0 saturated carbocycles. The Balaban J connectivity index is 3.13. The zero-order chi connectivity index (χ0) is 12.7. The lowest BCUT2D eigenvalue weighted by Crippen LogP contribution is -2.01. The lowest BCUT2D eigenvalue weighted by atomic mass is 10.2. The third-order valence-electron chi connectivity index (χ3n) is 1.86. The highest BCUT2D eigenvalue weighted by Gasteiger charge is 2.11. The van der Waals surface area contributed by atoms with Crippen molar-refractivity contribution in [3.05, 3.63) is 22.7 Å². The molecule has 1 aromatic rings. The average molecular weight is 253 g/mol. The monoisotopic (exact) mass is 252 g/mol. The van der Waals surface area contributed by atoms with E-state index >= 15 is 0 Å². The quantitative estimate of drug-likeness (QED) is 0.378. The highest BCUT2D eigenvalue weighted by Crippen LogP contribution is 2.36. The molecular formula is C12H13ClN2O2. The van der Waals surface area contributed by atoms with Crippen LogP contribution in [0.4, 0.5) is 0 Å². The van der Waals surface area contributed by atoms with Crippen molar-refractivity contribution in [2.75, 3.05) is 13.2 Å². The first-order valence-corrected chi connectivity index (χ1v) is 5.36. The van der Waals surface area contributed by atoms with E-state index in [1.54, 1.807) is 12.1 Å². The van der Waals surface area contributed by atoms with E-state index in [4.69, 9.17) is 33.3 Å². The highest BCUT2D eigenvalue weighted by molar-refractivity contribution is 6.32. The van der Waals surface area contributed by atoms with E-state index in [1.807, 2.05) is 6.92 Å². The lowest BCUT2D eigenvalue weighted by Gasteiger charge is -2.12. The fraction of sp³-hybridized carbons (Fsp3) is 0.250. The normalized spacial score (nSPS) is 10.2. The average Bonchev–Trinajstić information content (AvgIpc) is 2.29. The summed E-state index contributed by atoms with van der Waals surface area (Å²) in [5, 5.41) is 3.83. The smallest absolute Gasteiger partial charge is 0.181 e. The van der Waals surface area contributed by atoms with Gasteiger partial charge in [-0.05, 0) is 24.6 Å². The number of nitrogens with two attached hydrogens (primary N) is 1. The van der Waals surface area contributed by atoms with Crippen molar-refractivity contribution < 1.29 is 9.47 Å². The molecule has 0 atom stereocenters. The number of nitrogens with zero attached hydrogens (tertiary/aromatic N) is 1. The zero-order valence-electron chi connectivity index (χ0n) is 9.44. The van der Waals surface area contributed by atoms with Crippen LogP contribution in [0.1, 0.15) is 12.5 Å². The molecule has 0 amide bonds. The molecule has 0 saturated heterocycles. The Hall–Kier alpha value is -1.86. The number of rotatable bonds is 5. The Morgan fingerprint density at radius 1 is 1.53 bits per heavy atom. The molecule has 0 aromatic heterocycles. The maximum absolute atomic E-state index is 6.07. The van der Waals surface area contributed by atoms with Crippen molar-refractivity contribution in [1.29, 1.82) is 0 Å². The zero-order valence-corrected chi connectivity index (χ0v) is 10.2. The second-order valence-electron chi connectivity index (χ2n) is 3.03. The minimum atomic E-state index is 0.129. The van der Waals surface area contributed by atoms with Crippen molar-refractivity contribution in [3.63, 3.8) is 0 Å². The molecule has 0 aliphatic heterocycles. The fourth-order valence-corrected chi connectivity index (χ4v) is 1.54. The highest BCUT2D eigenvalue weighted by atomic mass is 35.5. The third kappa shape index (κ3) is 3.58. The maximum atomic E-state index is 6.07. The molecule has 1 rings (SSSR count). The van der Waals surface area contributed by atoms with Crippen LogP contribution in [-0.4, -0.2) is 19.4 Å². The van der Waals surface area contributed by atoms with Crippen LogP contribution in [0.15, 0.2) is 17.2 Å². The summed E-state index contributed by atoms with van der Waals surface area (Å²) < 4.78 is 10.8. The van der Waals surface area contributed by atoms with Gasteiger partial charge in [0.1, 0.15) is 6.61 Å². The van der Waals surface area contributed by atoms with Crippen molar-refractivity contribution in [1.82, 2.24) is 0 Å². The van der Waals surface area contributed by atoms with Gasteiger partial charge in [0.15, 0.2) is 11.5 Å². The maximum Gasteiger partial charge on any atom is 0.181 e. The largest absolute Gasteiger partial charge is 0.490 e. The van der Waals surface area contributed by atoms with Crippen LogP contribution in [0.3, 0.4) is 0 Å². The molecule has 0 heterocycles. The van der Waals surface area contributed by atoms with Crippen LogP contribution < -0.4 is 15.3 Å². The minimum absolute atomic E-state index is 0.129. The van der Waals surface area contributed by atoms with Crippen molar-refractivity contribution >= 4 is 17.8 Å². The van der Waals surface area contributed by atoms with Crippen molar-refractivity contribution in [2.45, 2.75) is 6.92 Å². The first kappa shape index (κ1) is 13.2. The second kappa shape index (κ2) is 6.66. The topological polar surface area (TPSA) is 56.8 Å². The van der Waals surface area contributed by atoms with E-state index in [9.17, 15) is 0 Å². The van der Waals surface area contributed by atoms with Crippen LogP contribution in [0.5, 0.6) is 11.5 Å². The summed E-state index contributed by atoms with van der Waals surface area (Å²) in [6, 6.07) is 3.41. The first-order valence-electron chi connectivity index (χ1n) is 4.98. The Morgan fingerprint density at radius 3 is 2.88 bits per heavy atom. The van der Waals surface area contributed by atoms with Gasteiger partial charge >= 0.3 is 0 Å². The van der Waals surface area contributed by atoms with Crippen molar-refractivity contribution in [2.24, 2.45) is 10.9 Å². The van der Waals surface area contributed by atoms with E-state index in [2.05, 4.69) is 11.0 Å². The number of hydrazone groups is 1. The van der Waals surface area contributed by atoms with Gasteiger partial charge in [-0.3, -0.25) is 0 Å². The Morgan fingerprint density at radius 2 is 2.29 bits per heavy atom. The van der Waals surface area contributed by atoms with E-state index in [-0.39, 0.29) is 6.61 Å². The predicted octanol–water partition coefficient (Wildman–Crippen LogP) is 2.04. The number of terminal acetylenes is 1. The Bertz CT molecular complexity index is 453.